The summed E-state index contributed by atoms with van der Waals surface area (Å²) < 4.78 is 5.71. The lowest BCUT2D eigenvalue weighted by atomic mass is 10.1. The first-order valence-electron chi connectivity index (χ1n) is 8.11. The maximum atomic E-state index is 10.1. The number of benzene rings is 2. The van der Waals surface area contributed by atoms with Crippen LogP contribution in [0.2, 0.25) is 0 Å². The van der Waals surface area contributed by atoms with Gasteiger partial charge in [-0.05, 0) is 23.3 Å². The second-order valence-corrected chi connectivity index (χ2v) is 6.02. The molecule has 0 amide bonds. The zero-order chi connectivity index (χ0) is 15.2. The number of aliphatic hydroxyl groups excluding tert-OH is 1. The average Bonchev–Trinajstić information content (AvgIpc) is 3.07. The Balaban J connectivity index is 1.50. The van der Waals surface area contributed by atoms with E-state index in [1.807, 2.05) is 30.3 Å². The molecule has 0 unspecified atom stereocenters. The lowest BCUT2D eigenvalue weighted by molar-refractivity contribution is -0.890. The Labute approximate surface area is 132 Å². The van der Waals surface area contributed by atoms with Gasteiger partial charge in [-0.15, -0.1) is 0 Å². The van der Waals surface area contributed by atoms with Gasteiger partial charge in [0.2, 0.25) is 0 Å². The molecule has 2 aromatic rings. The third-order valence-electron chi connectivity index (χ3n) is 4.24. The number of quaternary nitrogens is 1. The molecular weight excluding hydrogens is 274 g/mol. The highest BCUT2D eigenvalue weighted by molar-refractivity contribution is 5.63. The molecule has 2 N–H and O–H groups in total. The summed E-state index contributed by atoms with van der Waals surface area (Å²) in [6.07, 6.45) is 2.18. The SMILES string of the molecule is O[C@H](COc1ccc(-c2ccccc2)cc1)C[NH+]1CCCC1. The van der Waals surface area contributed by atoms with Gasteiger partial charge in [-0.25, -0.2) is 0 Å². The zero-order valence-electron chi connectivity index (χ0n) is 12.9. The molecule has 0 spiro atoms. The first-order chi connectivity index (χ1) is 10.8. The Bertz CT molecular complexity index is 562. The molecule has 3 nitrogen and oxygen atoms in total. The molecule has 0 radical (unpaired) electrons. The van der Waals surface area contributed by atoms with E-state index in [4.69, 9.17) is 4.74 Å². The van der Waals surface area contributed by atoms with Crippen LogP contribution in [0, 0.1) is 0 Å². The summed E-state index contributed by atoms with van der Waals surface area (Å²) in [5.74, 6) is 0.815. The molecule has 3 rings (SSSR count). The Kier molecular flexibility index (Phi) is 5.09. The van der Waals surface area contributed by atoms with Gasteiger partial charge >= 0.3 is 0 Å². The van der Waals surface area contributed by atoms with Crippen LogP contribution in [0.3, 0.4) is 0 Å². The highest BCUT2D eigenvalue weighted by Crippen LogP contribution is 2.22. The molecule has 3 heteroatoms. The molecule has 1 fully saturated rings. The average molecular weight is 298 g/mol. The minimum atomic E-state index is -0.387. The molecule has 1 aliphatic heterocycles. The van der Waals surface area contributed by atoms with Crippen molar-refractivity contribution in [2.45, 2.75) is 18.9 Å². The lowest BCUT2D eigenvalue weighted by Crippen LogP contribution is -3.11. The predicted octanol–water partition coefficient (Wildman–Crippen LogP) is 1.77. The van der Waals surface area contributed by atoms with Gasteiger partial charge < -0.3 is 14.7 Å². The number of hydrogen-bond acceptors (Lipinski definition) is 2. The first-order valence-corrected chi connectivity index (χ1v) is 8.11. The van der Waals surface area contributed by atoms with Crippen LogP contribution in [-0.2, 0) is 0 Å². The minimum absolute atomic E-state index is 0.369. The van der Waals surface area contributed by atoms with Crippen LogP contribution in [0.1, 0.15) is 12.8 Å². The van der Waals surface area contributed by atoms with Gasteiger partial charge in [0.15, 0.2) is 0 Å². The molecule has 2 aromatic carbocycles. The standard InChI is InChI=1S/C19H23NO2/c21-18(14-20-12-4-5-13-20)15-22-19-10-8-17(9-11-19)16-6-2-1-3-7-16/h1-3,6-11,18,21H,4-5,12-15H2/p+1/t18-/m0/s1. The molecule has 0 saturated carbocycles. The summed E-state index contributed by atoms with van der Waals surface area (Å²) in [7, 11) is 0. The number of hydrogen-bond donors (Lipinski definition) is 2. The van der Waals surface area contributed by atoms with Crippen LogP contribution in [0.4, 0.5) is 0 Å². The molecule has 22 heavy (non-hydrogen) atoms. The Morgan fingerprint density at radius 3 is 2.23 bits per heavy atom. The van der Waals surface area contributed by atoms with Crippen LogP contribution in [0.5, 0.6) is 5.75 Å². The van der Waals surface area contributed by atoms with E-state index in [0.717, 1.165) is 12.3 Å². The lowest BCUT2D eigenvalue weighted by Gasteiger charge is -2.17. The monoisotopic (exact) mass is 298 g/mol. The van der Waals surface area contributed by atoms with Crippen molar-refractivity contribution in [2.75, 3.05) is 26.2 Å². The Morgan fingerprint density at radius 1 is 0.909 bits per heavy atom. The van der Waals surface area contributed by atoms with Crippen molar-refractivity contribution in [3.05, 3.63) is 54.6 Å². The molecule has 1 saturated heterocycles. The summed E-state index contributed by atoms with van der Waals surface area (Å²) in [5.41, 5.74) is 2.38. The van der Waals surface area contributed by atoms with E-state index in [-0.39, 0.29) is 6.10 Å². The first kappa shape index (κ1) is 15.1. The normalized spacial score (nSPS) is 16.6. The fourth-order valence-corrected chi connectivity index (χ4v) is 3.04. The summed E-state index contributed by atoms with van der Waals surface area (Å²) >= 11 is 0. The van der Waals surface area contributed by atoms with E-state index in [0.29, 0.717) is 6.61 Å². The number of ether oxygens (including phenoxy) is 1. The third-order valence-corrected chi connectivity index (χ3v) is 4.24. The van der Waals surface area contributed by atoms with Crippen LogP contribution in [-0.4, -0.2) is 37.5 Å². The van der Waals surface area contributed by atoms with Gasteiger partial charge in [0.05, 0.1) is 13.1 Å². The Hall–Kier alpha value is -1.84. The van der Waals surface area contributed by atoms with Crippen LogP contribution < -0.4 is 9.64 Å². The highest BCUT2D eigenvalue weighted by atomic mass is 16.5. The number of rotatable bonds is 6. The molecule has 1 atom stereocenters. The van der Waals surface area contributed by atoms with Crippen molar-refractivity contribution < 1.29 is 14.7 Å². The van der Waals surface area contributed by atoms with Crippen molar-refractivity contribution in [3.63, 3.8) is 0 Å². The summed E-state index contributed by atoms with van der Waals surface area (Å²) in [6, 6.07) is 18.3. The number of aliphatic hydroxyl groups is 1. The Morgan fingerprint density at radius 2 is 1.55 bits per heavy atom. The van der Waals surface area contributed by atoms with Gasteiger partial charge in [-0.2, -0.15) is 0 Å². The van der Waals surface area contributed by atoms with E-state index in [1.54, 1.807) is 0 Å². The van der Waals surface area contributed by atoms with E-state index in [1.165, 1.54) is 42.0 Å². The van der Waals surface area contributed by atoms with Crippen molar-refractivity contribution in [1.82, 2.24) is 0 Å². The number of likely N-dealkylation sites (tertiary alicyclic amines) is 1. The largest absolute Gasteiger partial charge is 0.491 e. The van der Waals surface area contributed by atoms with Crippen molar-refractivity contribution in [2.24, 2.45) is 0 Å². The van der Waals surface area contributed by atoms with E-state index in [9.17, 15) is 5.11 Å². The van der Waals surface area contributed by atoms with E-state index in [2.05, 4.69) is 24.3 Å². The van der Waals surface area contributed by atoms with Gasteiger partial charge in [0.25, 0.3) is 0 Å². The van der Waals surface area contributed by atoms with E-state index < -0.39 is 0 Å². The number of nitrogens with one attached hydrogen (secondary N) is 1. The van der Waals surface area contributed by atoms with E-state index >= 15 is 0 Å². The van der Waals surface area contributed by atoms with Crippen molar-refractivity contribution >= 4 is 0 Å². The maximum Gasteiger partial charge on any atom is 0.137 e. The van der Waals surface area contributed by atoms with Gasteiger partial charge in [0, 0.05) is 12.8 Å². The summed E-state index contributed by atoms with van der Waals surface area (Å²) in [5, 5.41) is 10.1. The van der Waals surface area contributed by atoms with Crippen LogP contribution in [0.15, 0.2) is 54.6 Å². The second-order valence-electron chi connectivity index (χ2n) is 6.02. The second kappa shape index (κ2) is 7.43. The quantitative estimate of drug-likeness (QED) is 0.852. The van der Waals surface area contributed by atoms with Crippen molar-refractivity contribution in [1.29, 1.82) is 0 Å². The van der Waals surface area contributed by atoms with Crippen molar-refractivity contribution in [3.8, 4) is 16.9 Å². The molecule has 1 heterocycles. The zero-order valence-corrected chi connectivity index (χ0v) is 12.9. The third kappa shape index (κ3) is 4.09. The maximum absolute atomic E-state index is 10.1. The summed E-state index contributed by atoms with van der Waals surface area (Å²) in [4.78, 5) is 1.50. The topological polar surface area (TPSA) is 33.9 Å². The molecule has 116 valence electrons. The minimum Gasteiger partial charge on any atom is -0.491 e. The van der Waals surface area contributed by atoms with Gasteiger partial charge in [0.1, 0.15) is 25.0 Å². The molecule has 0 aliphatic carbocycles. The van der Waals surface area contributed by atoms with Crippen LogP contribution in [0.25, 0.3) is 11.1 Å². The molecule has 1 aliphatic rings. The van der Waals surface area contributed by atoms with Crippen LogP contribution >= 0.6 is 0 Å². The molecule has 0 bridgehead atoms. The smallest absolute Gasteiger partial charge is 0.137 e. The predicted molar refractivity (Wildman–Crippen MR) is 88.2 cm³/mol. The fourth-order valence-electron chi connectivity index (χ4n) is 3.04. The molecule has 0 aromatic heterocycles. The highest BCUT2D eigenvalue weighted by Gasteiger charge is 2.19. The van der Waals surface area contributed by atoms with Gasteiger partial charge in [-0.3, -0.25) is 0 Å². The fraction of sp³-hybridized carbons (Fsp3) is 0.368. The van der Waals surface area contributed by atoms with Gasteiger partial charge in [-0.1, -0.05) is 42.5 Å². The molecular formula is C19H24NO2+. The summed E-state index contributed by atoms with van der Waals surface area (Å²) in [6.45, 7) is 3.53.